The Bertz CT molecular complexity index is 745. The van der Waals surface area contributed by atoms with Crippen LogP contribution < -0.4 is 5.73 Å². The highest BCUT2D eigenvalue weighted by molar-refractivity contribution is 5.82. The summed E-state index contributed by atoms with van der Waals surface area (Å²) in [6, 6.07) is 7.71. The van der Waals surface area contributed by atoms with E-state index in [0.717, 1.165) is 28.8 Å². The molecule has 0 spiro atoms. The highest BCUT2D eigenvalue weighted by Crippen LogP contribution is 2.27. The first-order valence-corrected chi connectivity index (χ1v) is 6.25. The summed E-state index contributed by atoms with van der Waals surface area (Å²) in [5.74, 6) is 0.442. The number of hydrogen-bond donors (Lipinski definition) is 1. The molecule has 19 heavy (non-hydrogen) atoms. The molecule has 0 fully saturated rings. The Morgan fingerprint density at radius 1 is 1.16 bits per heavy atom. The van der Waals surface area contributed by atoms with E-state index in [-0.39, 0.29) is 0 Å². The number of nitrogen functional groups attached to an aromatic ring is 1. The number of fused-ring (bicyclic) bond motifs is 1. The van der Waals surface area contributed by atoms with E-state index in [1.165, 1.54) is 0 Å². The Hall–Kier alpha value is -2.43. The van der Waals surface area contributed by atoms with Crippen LogP contribution in [0, 0.1) is 6.92 Å². The van der Waals surface area contributed by atoms with Crippen LogP contribution in [0.3, 0.4) is 0 Å². The lowest BCUT2D eigenvalue weighted by atomic mass is 10.2. The molecule has 3 rings (SSSR count). The van der Waals surface area contributed by atoms with Crippen molar-refractivity contribution in [1.29, 1.82) is 0 Å². The van der Waals surface area contributed by atoms with Crippen molar-refractivity contribution in [3.63, 3.8) is 0 Å². The van der Waals surface area contributed by atoms with Crippen LogP contribution in [0.25, 0.3) is 22.3 Å². The zero-order chi connectivity index (χ0) is 13.4. The molecule has 0 saturated heterocycles. The van der Waals surface area contributed by atoms with Crippen molar-refractivity contribution < 1.29 is 0 Å². The van der Waals surface area contributed by atoms with Crippen LogP contribution in [-0.2, 0) is 6.54 Å². The van der Waals surface area contributed by atoms with E-state index < -0.39 is 0 Å². The maximum atomic E-state index is 6.03. The highest BCUT2D eigenvalue weighted by Gasteiger charge is 2.13. The molecule has 0 atom stereocenters. The fourth-order valence-corrected chi connectivity index (χ4v) is 2.12. The molecule has 2 N–H and O–H groups in total. The number of aryl methyl sites for hydroxylation is 2. The Morgan fingerprint density at radius 3 is 2.47 bits per heavy atom. The maximum Gasteiger partial charge on any atom is 0.150 e. The summed E-state index contributed by atoms with van der Waals surface area (Å²) >= 11 is 0. The number of rotatable bonds is 2. The van der Waals surface area contributed by atoms with Crippen LogP contribution in [0.1, 0.15) is 12.6 Å². The topological polar surface area (TPSA) is 69.6 Å². The van der Waals surface area contributed by atoms with Gasteiger partial charge in [0.25, 0.3) is 0 Å². The van der Waals surface area contributed by atoms with Crippen LogP contribution in [0.5, 0.6) is 0 Å². The van der Waals surface area contributed by atoms with Crippen LogP contribution in [0.2, 0.25) is 0 Å². The average molecular weight is 253 g/mol. The van der Waals surface area contributed by atoms with Gasteiger partial charge in [-0.25, -0.2) is 9.97 Å². The third kappa shape index (κ3) is 1.93. The minimum Gasteiger partial charge on any atom is -0.382 e. The smallest absolute Gasteiger partial charge is 0.150 e. The molecule has 0 aliphatic carbocycles. The summed E-state index contributed by atoms with van der Waals surface area (Å²) < 4.78 is 1.88. The molecule has 96 valence electrons. The second kappa shape index (κ2) is 4.35. The zero-order valence-electron chi connectivity index (χ0n) is 11.0. The first-order valence-electron chi connectivity index (χ1n) is 6.25. The van der Waals surface area contributed by atoms with Gasteiger partial charge in [-0.2, -0.15) is 5.10 Å². The molecule has 2 aromatic heterocycles. The largest absolute Gasteiger partial charge is 0.382 e. The van der Waals surface area contributed by atoms with Gasteiger partial charge < -0.3 is 5.73 Å². The quantitative estimate of drug-likeness (QED) is 0.761. The van der Waals surface area contributed by atoms with Gasteiger partial charge >= 0.3 is 0 Å². The van der Waals surface area contributed by atoms with E-state index in [1.54, 1.807) is 0 Å². The van der Waals surface area contributed by atoms with Gasteiger partial charge in [-0.1, -0.05) is 12.1 Å². The van der Waals surface area contributed by atoms with Crippen molar-refractivity contribution in [3.05, 3.63) is 36.2 Å². The van der Waals surface area contributed by atoms with E-state index in [9.17, 15) is 0 Å². The molecule has 2 heterocycles. The van der Waals surface area contributed by atoms with Crippen molar-refractivity contribution >= 4 is 16.9 Å². The number of hydrogen-bond acceptors (Lipinski definition) is 4. The first-order chi connectivity index (χ1) is 9.19. The van der Waals surface area contributed by atoms with Crippen molar-refractivity contribution in [2.45, 2.75) is 20.4 Å². The van der Waals surface area contributed by atoms with Gasteiger partial charge in [0.1, 0.15) is 5.69 Å². The predicted octanol–water partition coefficient (Wildman–Crippen LogP) is 2.40. The average Bonchev–Trinajstić information content (AvgIpc) is 2.79. The molecule has 5 heteroatoms. The molecule has 0 aliphatic heterocycles. The Balaban J connectivity index is 2.23. The normalized spacial score (nSPS) is 11.1. The number of anilines is 1. The lowest BCUT2D eigenvalue weighted by molar-refractivity contribution is 0.653. The molecule has 0 bridgehead atoms. The zero-order valence-corrected chi connectivity index (χ0v) is 11.0. The molecule has 3 aromatic rings. The third-order valence-electron chi connectivity index (χ3n) is 3.12. The van der Waals surface area contributed by atoms with Crippen molar-refractivity contribution in [2.24, 2.45) is 0 Å². The summed E-state index contributed by atoms with van der Waals surface area (Å²) in [4.78, 5) is 9.02. The van der Waals surface area contributed by atoms with E-state index in [1.807, 2.05) is 49.0 Å². The van der Waals surface area contributed by atoms with Crippen LogP contribution in [0.4, 0.5) is 5.82 Å². The summed E-state index contributed by atoms with van der Waals surface area (Å²) in [6.45, 7) is 4.82. The standard InChI is InChI=1S/C14H15N5/c1-3-19-8-10(9(2)18-19)13-14(15)17-12-7-5-4-6-11(12)16-13/h4-8H,3H2,1-2H3,(H2,15,17). The minimum atomic E-state index is 0.442. The Morgan fingerprint density at radius 2 is 1.84 bits per heavy atom. The second-order valence-electron chi connectivity index (χ2n) is 4.43. The van der Waals surface area contributed by atoms with Crippen molar-refractivity contribution in [2.75, 3.05) is 5.73 Å². The summed E-state index contributed by atoms with van der Waals surface area (Å²) in [5, 5.41) is 4.42. The van der Waals surface area contributed by atoms with E-state index >= 15 is 0 Å². The van der Waals surface area contributed by atoms with Gasteiger partial charge in [-0.3, -0.25) is 4.68 Å². The fourth-order valence-electron chi connectivity index (χ4n) is 2.12. The number of aromatic nitrogens is 4. The van der Waals surface area contributed by atoms with Crippen LogP contribution >= 0.6 is 0 Å². The lowest BCUT2D eigenvalue weighted by Gasteiger charge is -2.04. The van der Waals surface area contributed by atoms with Crippen LogP contribution in [-0.4, -0.2) is 19.7 Å². The van der Waals surface area contributed by atoms with Crippen LogP contribution in [0.15, 0.2) is 30.5 Å². The van der Waals surface area contributed by atoms with Crippen molar-refractivity contribution in [3.8, 4) is 11.3 Å². The van der Waals surface area contributed by atoms with Gasteiger partial charge in [0, 0.05) is 18.3 Å². The van der Waals surface area contributed by atoms with Gasteiger partial charge in [-0.05, 0) is 26.0 Å². The Labute approximate surface area is 111 Å². The SMILES string of the molecule is CCn1cc(-c2nc3ccccc3nc2N)c(C)n1. The number of benzene rings is 1. The third-order valence-corrected chi connectivity index (χ3v) is 3.12. The van der Waals surface area contributed by atoms with E-state index in [4.69, 9.17) is 5.73 Å². The molecule has 0 amide bonds. The Kier molecular flexibility index (Phi) is 2.67. The molecule has 0 saturated carbocycles. The predicted molar refractivity (Wildman–Crippen MR) is 75.6 cm³/mol. The molecular weight excluding hydrogens is 238 g/mol. The molecule has 0 unspecified atom stereocenters. The van der Waals surface area contributed by atoms with E-state index in [2.05, 4.69) is 15.1 Å². The number of nitrogens with two attached hydrogens (primary N) is 1. The molecule has 0 radical (unpaired) electrons. The molecule has 5 nitrogen and oxygen atoms in total. The molecule has 1 aromatic carbocycles. The van der Waals surface area contributed by atoms with Gasteiger partial charge in [0.15, 0.2) is 5.82 Å². The minimum absolute atomic E-state index is 0.442. The number of para-hydroxylation sites is 2. The second-order valence-corrected chi connectivity index (χ2v) is 4.43. The van der Waals surface area contributed by atoms with E-state index in [0.29, 0.717) is 11.5 Å². The summed E-state index contributed by atoms with van der Waals surface area (Å²) in [5.41, 5.74) is 10.2. The van der Waals surface area contributed by atoms with Gasteiger partial charge in [0.2, 0.25) is 0 Å². The lowest BCUT2D eigenvalue weighted by Crippen LogP contribution is -1.98. The van der Waals surface area contributed by atoms with Crippen molar-refractivity contribution in [1.82, 2.24) is 19.7 Å². The van der Waals surface area contributed by atoms with Gasteiger partial charge in [0.05, 0.1) is 16.7 Å². The molecule has 0 aliphatic rings. The summed E-state index contributed by atoms with van der Waals surface area (Å²) in [7, 11) is 0. The highest BCUT2D eigenvalue weighted by atomic mass is 15.3. The van der Waals surface area contributed by atoms with Gasteiger partial charge in [-0.15, -0.1) is 0 Å². The number of nitrogens with zero attached hydrogens (tertiary/aromatic N) is 4. The summed E-state index contributed by atoms with van der Waals surface area (Å²) in [6.07, 6.45) is 1.96. The first kappa shape index (κ1) is 11.6. The fraction of sp³-hybridized carbons (Fsp3) is 0.214. The maximum absolute atomic E-state index is 6.03. The molecular formula is C14H15N5. The monoisotopic (exact) mass is 253 g/mol.